The van der Waals surface area contributed by atoms with Crippen molar-refractivity contribution in [2.24, 2.45) is 0 Å². The molecule has 0 spiro atoms. The van der Waals surface area contributed by atoms with Crippen molar-refractivity contribution in [3.05, 3.63) is 23.9 Å². The molecule has 1 N–H and O–H groups in total. The number of aromatic nitrogens is 1. The van der Waals surface area contributed by atoms with E-state index in [0.717, 1.165) is 43.7 Å². The number of hydrogen-bond acceptors (Lipinski definition) is 3. The molecule has 1 amide bonds. The van der Waals surface area contributed by atoms with Crippen LogP contribution in [-0.4, -0.2) is 28.9 Å². The molecule has 1 aromatic heterocycles. The third-order valence-electron chi connectivity index (χ3n) is 3.66. The maximum absolute atomic E-state index is 11.6. The molecule has 1 aliphatic rings. The van der Waals surface area contributed by atoms with Crippen molar-refractivity contribution in [3.63, 3.8) is 0 Å². The Hall–Kier alpha value is -1.58. The van der Waals surface area contributed by atoms with E-state index >= 15 is 0 Å². The topological polar surface area (TPSA) is 45.2 Å². The highest BCUT2D eigenvalue weighted by atomic mass is 16.2. The molecule has 0 radical (unpaired) electrons. The summed E-state index contributed by atoms with van der Waals surface area (Å²) in [5, 5.41) is 3.31. The van der Waals surface area contributed by atoms with E-state index in [1.807, 2.05) is 17.2 Å². The van der Waals surface area contributed by atoms with E-state index in [4.69, 9.17) is 0 Å². The van der Waals surface area contributed by atoms with Crippen LogP contribution in [0, 0.1) is 0 Å². The Morgan fingerprint density at radius 2 is 2.37 bits per heavy atom. The van der Waals surface area contributed by atoms with Crippen LogP contribution in [0.5, 0.6) is 0 Å². The summed E-state index contributed by atoms with van der Waals surface area (Å²) in [4.78, 5) is 17.9. The number of anilines is 1. The highest BCUT2D eigenvalue weighted by Gasteiger charge is 2.27. The number of carbonyl (C=O) groups excluding carboxylic acids is 1. The molecule has 0 aliphatic carbocycles. The quantitative estimate of drug-likeness (QED) is 0.829. The highest BCUT2D eigenvalue weighted by molar-refractivity contribution is 5.74. The van der Waals surface area contributed by atoms with Crippen LogP contribution < -0.4 is 5.32 Å². The third-order valence-corrected chi connectivity index (χ3v) is 3.66. The van der Waals surface area contributed by atoms with E-state index in [1.165, 1.54) is 6.42 Å². The number of carbonyl (C=O) groups is 1. The van der Waals surface area contributed by atoms with Crippen molar-refractivity contribution < 1.29 is 4.79 Å². The molecule has 0 aromatic carbocycles. The van der Waals surface area contributed by atoms with E-state index in [1.54, 1.807) is 6.92 Å². The number of likely N-dealkylation sites (tertiary alicyclic amines) is 1. The van der Waals surface area contributed by atoms with Crippen molar-refractivity contribution in [2.75, 3.05) is 18.4 Å². The summed E-state index contributed by atoms with van der Waals surface area (Å²) in [6, 6.07) is 4.32. The minimum absolute atomic E-state index is 0.160. The largest absolute Gasteiger partial charge is 0.370 e. The zero-order valence-corrected chi connectivity index (χ0v) is 11.9. The molecule has 1 fully saturated rings. The molecule has 0 bridgehead atoms. The van der Waals surface area contributed by atoms with Gasteiger partial charge in [0.1, 0.15) is 5.82 Å². The van der Waals surface area contributed by atoms with Gasteiger partial charge in [-0.05, 0) is 30.9 Å². The number of rotatable bonds is 5. The van der Waals surface area contributed by atoms with Crippen LogP contribution in [0.4, 0.5) is 5.82 Å². The molecular formula is C15H23N3O. The summed E-state index contributed by atoms with van der Waals surface area (Å²) in [6.45, 7) is 5.66. The average molecular weight is 261 g/mol. The molecule has 2 rings (SSSR count). The number of pyridine rings is 1. The smallest absolute Gasteiger partial charge is 0.219 e. The molecule has 1 saturated heterocycles. The zero-order valence-electron chi connectivity index (χ0n) is 11.9. The molecule has 19 heavy (non-hydrogen) atoms. The van der Waals surface area contributed by atoms with E-state index < -0.39 is 0 Å². The first-order valence-electron chi connectivity index (χ1n) is 7.19. The van der Waals surface area contributed by atoms with Crippen molar-refractivity contribution in [1.82, 2.24) is 9.88 Å². The highest BCUT2D eigenvalue weighted by Crippen LogP contribution is 2.31. The number of hydrogen-bond donors (Lipinski definition) is 1. The van der Waals surface area contributed by atoms with E-state index in [2.05, 4.69) is 23.3 Å². The van der Waals surface area contributed by atoms with Crippen molar-refractivity contribution in [2.45, 2.75) is 45.6 Å². The lowest BCUT2D eigenvalue weighted by molar-refractivity contribution is -0.129. The van der Waals surface area contributed by atoms with Gasteiger partial charge in [0.2, 0.25) is 5.91 Å². The Morgan fingerprint density at radius 1 is 1.53 bits per heavy atom. The van der Waals surface area contributed by atoms with E-state index in [0.29, 0.717) is 0 Å². The summed E-state index contributed by atoms with van der Waals surface area (Å²) >= 11 is 0. The minimum Gasteiger partial charge on any atom is -0.370 e. The normalized spacial score (nSPS) is 18.6. The first-order chi connectivity index (χ1) is 9.22. The fraction of sp³-hybridized carbons (Fsp3) is 0.600. The molecule has 0 saturated carbocycles. The number of nitrogens with one attached hydrogen (secondary N) is 1. The van der Waals surface area contributed by atoms with Crippen molar-refractivity contribution >= 4 is 11.7 Å². The van der Waals surface area contributed by atoms with Crippen LogP contribution >= 0.6 is 0 Å². The Bertz CT molecular complexity index is 416. The summed E-state index contributed by atoms with van der Waals surface area (Å²) in [7, 11) is 0. The van der Waals surface area contributed by atoms with Gasteiger partial charge in [0, 0.05) is 26.2 Å². The lowest BCUT2D eigenvalue weighted by atomic mass is 10.1. The van der Waals surface area contributed by atoms with Crippen LogP contribution in [0.25, 0.3) is 0 Å². The molecular weight excluding hydrogens is 238 g/mol. The summed E-state index contributed by atoms with van der Waals surface area (Å²) < 4.78 is 0. The number of amides is 1. The van der Waals surface area contributed by atoms with Gasteiger partial charge in [0.15, 0.2) is 0 Å². The van der Waals surface area contributed by atoms with Gasteiger partial charge in [-0.3, -0.25) is 4.79 Å². The van der Waals surface area contributed by atoms with Crippen molar-refractivity contribution in [3.8, 4) is 0 Å². The van der Waals surface area contributed by atoms with Crippen LogP contribution in [0.15, 0.2) is 18.3 Å². The van der Waals surface area contributed by atoms with Gasteiger partial charge in [-0.1, -0.05) is 19.4 Å². The number of nitrogens with zero attached hydrogens (tertiary/aromatic N) is 2. The summed E-state index contributed by atoms with van der Waals surface area (Å²) in [5.74, 6) is 1.08. The summed E-state index contributed by atoms with van der Waals surface area (Å²) in [6.07, 6.45) is 6.37. The third kappa shape index (κ3) is 3.46. The second-order valence-corrected chi connectivity index (χ2v) is 5.13. The fourth-order valence-corrected chi connectivity index (χ4v) is 2.59. The monoisotopic (exact) mass is 261 g/mol. The van der Waals surface area contributed by atoms with Gasteiger partial charge in [0.05, 0.1) is 6.04 Å². The molecule has 1 aliphatic heterocycles. The maximum atomic E-state index is 11.6. The Labute approximate surface area is 115 Å². The van der Waals surface area contributed by atoms with E-state index in [9.17, 15) is 4.79 Å². The summed E-state index contributed by atoms with van der Waals surface area (Å²) in [5.41, 5.74) is 1.15. The van der Waals surface area contributed by atoms with Gasteiger partial charge in [-0.25, -0.2) is 4.98 Å². The van der Waals surface area contributed by atoms with Gasteiger partial charge >= 0.3 is 0 Å². The van der Waals surface area contributed by atoms with E-state index in [-0.39, 0.29) is 11.9 Å². The van der Waals surface area contributed by atoms with Crippen LogP contribution in [-0.2, 0) is 4.79 Å². The predicted octanol–water partition coefficient (Wildman–Crippen LogP) is 2.98. The SMILES string of the molecule is CCCCNc1ccc(C2CCCN2C(C)=O)cn1. The first kappa shape index (κ1) is 13.8. The van der Waals surface area contributed by atoms with Crippen LogP contribution in [0.2, 0.25) is 0 Å². The Kier molecular flexibility index (Phi) is 4.77. The molecule has 4 heteroatoms. The fourth-order valence-electron chi connectivity index (χ4n) is 2.59. The van der Waals surface area contributed by atoms with Crippen molar-refractivity contribution in [1.29, 1.82) is 0 Å². The maximum Gasteiger partial charge on any atom is 0.219 e. The lowest BCUT2D eigenvalue weighted by Crippen LogP contribution is -2.28. The van der Waals surface area contributed by atoms with Crippen LogP contribution in [0.3, 0.4) is 0 Å². The van der Waals surface area contributed by atoms with Crippen LogP contribution in [0.1, 0.15) is 51.1 Å². The second-order valence-electron chi connectivity index (χ2n) is 5.13. The molecule has 1 unspecified atom stereocenters. The Balaban J connectivity index is 1.99. The van der Waals surface area contributed by atoms with Gasteiger partial charge < -0.3 is 10.2 Å². The molecule has 4 nitrogen and oxygen atoms in total. The molecule has 1 aromatic rings. The zero-order chi connectivity index (χ0) is 13.7. The average Bonchev–Trinajstić information content (AvgIpc) is 2.89. The lowest BCUT2D eigenvalue weighted by Gasteiger charge is -2.23. The second kappa shape index (κ2) is 6.55. The number of unbranched alkanes of at least 4 members (excludes halogenated alkanes) is 1. The van der Waals surface area contributed by atoms with Gasteiger partial charge in [-0.2, -0.15) is 0 Å². The minimum atomic E-state index is 0.160. The standard InChI is InChI=1S/C15H23N3O/c1-3-4-9-16-15-8-7-13(11-17-15)14-6-5-10-18(14)12(2)19/h7-8,11,14H,3-6,9-10H2,1-2H3,(H,16,17). The Morgan fingerprint density at radius 3 is 3.00 bits per heavy atom. The molecule has 2 heterocycles. The molecule has 104 valence electrons. The molecule has 1 atom stereocenters. The van der Waals surface area contributed by atoms with Gasteiger partial charge in [0.25, 0.3) is 0 Å². The first-order valence-corrected chi connectivity index (χ1v) is 7.19. The predicted molar refractivity (Wildman–Crippen MR) is 77.0 cm³/mol. The van der Waals surface area contributed by atoms with Gasteiger partial charge in [-0.15, -0.1) is 0 Å².